The fraction of sp³-hybridized carbons (Fsp3) is 0.462. The average molecular weight is 282 g/mol. The molecule has 0 radical (unpaired) electrons. The Hall–Kier alpha value is -1.56. The number of hydrogen-bond donors (Lipinski definition) is 1. The molecule has 0 aliphatic carbocycles. The maximum Gasteiger partial charge on any atom is 0.256 e. The molecule has 0 unspecified atom stereocenters. The molecule has 1 aliphatic rings. The number of carbonyl (C=O) groups is 1. The minimum Gasteiger partial charge on any atom is -0.497 e. The Bertz CT molecular complexity index is 473. The fourth-order valence-corrected chi connectivity index (χ4v) is 2.90. The Balaban J connectivity index is 2.34. The van der Waals surface area contributed by atoms with Crippen molar-refractivity contribution in [1.82, 2.24) is 4.90 Å². The van der Waals surface area contributed by atoms with E-state index in [-0.39, 0.29) is 5.91 Å². The molecule has 1 saturated heterocycles. The highest BCUT2D eigenvalue weighted by Gasteiger charge is 2.22. The quantitative estimate of drug-likeness (QED) is 0.851. The molecule has 1 aliphatic heterocycles. The second-order valence-corrected chi connectivity index (χ2v) is 5.42. The van der Waals surface area contributed by atoms with Gasteiger partial charge in [0.05, 0.1) is 25.5 Å². The van der Waals surface area contributed by atoms with Crippen molar-refractivity contribution in [2.24, 2.45) is 0 Å². The van der Waals surface area contributed by atoms with E-state index in [9.17, 15) is 4.79 Å². The first-order valence-electron chi connectivity index (χ1n) is 6.06. The highest BCUT2D eigenvalue weighted by Crippen LogP contribution is 2.32. The summed E-state index contributed by atoms with van der Waals surface area (Å²) in [7, 11) is 3.08. The van der Waals surface area contributed by atoms with E-state index in [1.165, 1.54) is 7.11 Å². The van der Waals surface area contributed by atoms with Crippen LogP contribution in [0.25, 0.3) is 0 Å². The molecular weight excluding hydrogens is 264 g/mol. The topological polar surface area (TPSA) is 64.8 Å². The van der Waals surface area contributed by atoms with E-state index >= 15 is 0 Å². The average Bonchev–Trinajstić information content (AvgIpc) is 2.47. The molecule has 2 N–H and O–H groups in total. The Labute approximate surface area is 117 Å². The molecule has 0 spiro atoms. The fourth-order valence-electron chi connectivity index (χ4n) is 2.00. The molecule has 1 fully saturated rings. The van der Waals surface area contributed by atoms with Gasteiger partial charge in [0.15, 0.2) is 0 Å². The summed E-state index contributed by atoms with van der Waals surface area (Å²) in [6.45, 7) is 1.50. The van der Waals surface area contributed by atoms with Crippen molar-refractivity contribution in [2.75, 3.05) is 44.5 Å². The van der Waals surface area contributed by atoms with Crippen LogP contribution in [0.15, 0.2) is 12.1 Å². The highest BCUT2D eigenvalue weighted by molar-refractivity contribution is 7.99. The molecule has 0 aromatic heterocycles. The molecule has 2 rings (SSSR count). The smallest absolute Gasteiger partial charge is 0.256 e. The van der Waals surface area contributed by atoms with Crippen LogP contribution >= 0.6 is 11.8 Å². The van der Waals surface area contributed by atoms with Gasteiger partial charge < -0.3 is 20.1 Å². The summed E-state index contributed by atoms with van der Waals surface area (Å²) in [6.07, 6.45) is 0. The van der Waals surface area contributed by atoms with Crippen molar-refractivity contribution in [2.45, 2.75) is 0 Å². The van der Waals surface area contributed by atoms with Gasteiger partial charge in [-0.25, -0.2) is 0 Å². The summed E-state index contributed by atoms with van der Waals surface area (Å²) in [4.78, 5) is 14.3. The number of anilines is 1. The Morgan fingerprint density at radius 1 is 1.26 bits per heavy atom. The Kier molecular flexibility index (Phi) is 4.42. The first kappa shape index (κ1) is 13.9. The number of benzene rings is 1. The predicted octanol–water partition coefficient (Wildman–Crippen LogP) is 1.48. The van der Waals surface area contributed by atoms with Crippen LogP contribution < -0.4 is 15.2 Å². The summed E-state index contributed by atoms with van der Waals surface area (Å²) in [6, 6.07) is 3.35. The van der Waals surface area contributed by atoms with Crippen molar-refractivity contribution in [3.05, 3.63) is 17.7 Å². The number of hydrogen-bond acceptors (Lipinski definition) is 5. The summed E-state index contributed by atoms with van der Waals surface area (Å²) >= 11 is 1.86. The summed E-state index contributed by atoms with van der Waals surface area (Å²) in [5, 5.41) is 0. The maximum absolute atomic E-state index is 12.5. The van der Waals surface area contributed by atoms with Crippen LogP contribution in [0.5, 0.6) is 11.5 Å². The molecule has 0 bridgehead atoms. The van der Waals surface area contributed by atoms with Gasteiger partial charge in [0.1, 0.15) is 11.5 Å². The third-order valence-electron chi connectivity index (χ3n) is 3.10. The van der Waals surface area contributed by atoms with Crippen molar-refractivity contribution in [3.8, 4) is 11.5 Å². The van der Waals surface area contributed by atoms with E-state index in [1.807, 2.05) is 16.7 Å². The summed E-state index contributed by atoms with van der Waals surface area (Å²) < 4.78 is 10.4. The lowest BCUT2D eigenvalue weighted by Crippen LogP contribution is -2.38. The van der Waals surface area contributed by atoms with E-state index in [1.54, 1.807) is 19.2 Å². The molecule has 104 valence electrons. The molecule has 0 saturated carbocycles. The lowest BCUT2D eigenvalue weighted by Gasteiger charge is -2.27. The van der Waals surface area contributed by atoms with E-state index < -0.39 is 0 Å². The Morgan fingerprint density at radius 3 is 2.53 bits per heavy atom. The molecule has 5 nitrogen and oxygen atoms in total. The zero-order valence-electron chi connectivity index (χ0n) is 11.1. The third kappa shape index (κ3) is 2.89. The summed E-state index contributed by atoms with van der Waals surface area (Å²) in [5.74, 6) is 2.91. The number of nitrogens with two attached hydrogens (primary N) is 1. The van der Waals surface area contributed by atoms with Crippen LogP contribution in [-0.4, -0.2) is 49.6 Å². The highest BCUT2D eigenvalue weighted by atomic mass is 32.2. The number of rotatable bonds is 3. The van der Waals surface area contributed by atoms with E-state index in [0.29, 0.717) is 22.7 Å². The largest absolute Gasteiger partial charge is 0.497 e. The van der Waals surface area contributed by atoms with Gasteiger partial charge in [-0.1, -0.05) is 0 Å². The van der Waals surface area contributed by atoms with Gasteiger partial charge in [-0.15, -0.1) is 0 Å². The second-order valence-electron chi connectivity index (χ2n) is 4.20. The van der Waals surface area contributed by atoms with Gasteiger partial charge in [0.2, 0.25) is 0 Å². The SMILES string of the molecule is COc1cc(OC)c(N)c(C(=O)N2CCSCC2)c1. The molecule has 0 atom stereocenters. The molecule has 1 amide bonds. The lowest BCUT2D eigenvalue weighted by atomic mass is 10.1. The first-order valence-corrected chi connectivity index (χ1v) is 7.21. The second kappa shape index (κ2) is 6.06. The molecule has 19 heavy (non-hydrogen) atoms. The van der Waals surface area contributed by atoms with E-state index in [4.69, 9.17) is 15.2 Å². The molecule has 6 heteroatoms. The van der Waals surface area contributed by atoms with Crippen LogP contribution in [0.4, 0.5) is 5.69 Å². The zero-order valence-corrected chi connectivity index (χ0v) is 12.0. The Morgan fingerprint density at radius 2 is 1.95 bits per heavy atom. The number of nitrogens with zero attached hydrogens (tertiary/aromatic N) is 1. The normalized spacial score (nSPS) is 15.2. The molecule has 1 heterocycles. The minimum absolute atomic E-state index is 0.0602. The van der Waals surface area contributed by atoms with Gasteiger partial charge >= 0.3 is 0 Å². The van der Waals surface area contributed by atoms with Gasteiger partial charge in [-0.2, -0.15) is 11.8 Å². The standard InChI is InChI=1S/C13H18N2O3S/c1-17-9-7-10(12(14)11(8-9)18-2)13(16)15-3-5-19-6-4-15/h7-8H,3-6,14H2,1-2H3. The minimum atomic E-state index is -0.0602. The number of thioether (sulfide) groups is 1. The molecule has 1 aromatic carbocycles. The number of methoxy groups -OCH3 is 2. The van der Waals surface area contributed by atoms with Gasteiger partial charge in [-0.05, 0) is 6.07 Å². The summed E-state index contributed by atoms with van der Waals surface area (Å²) in [5.41, 5.74) is 6.81. The lowest BCUT2D eigenvalue weighted by molar-refractivity contribution is 0.0772. The van der Waals surface area contributed by atoms with Crippen LogP contribution in [0, 0.1) is 0 Å². The number of carbonyl (C=O) groups excluding carboxylic acids is 1. The van der Waals surface area contributed by atoms with E-state index in [0.717, 1.165) is 24.6 Å². The van der Waals surface area contributed by atoms with Crippen molar-refractivity contribution >= 4 is 23.4 Å². The predicted molar refractivity (Wildman–Crippen MR) is 77.2 cm³/mol. The van der Waals surface area contributed by atoms with Gasteiger partial charge in [0, 0.05) is 30.7 Å². The van der Waals surface area contributed by atoms with Crippen molar-refractivity contribution in [3.63, 3.8) is 0 Å². The van der Waals surface area contributed by atoms with Gasteiger partial charge in [0.25, 0.3) is 5.91 Å². The third-order valence-corrected chi connectivity index (χ3v) is 4.04. The number of ether oxygens (including phenoxy) is 2. The van der Waals surface area contributed by atoms with Crippen LogP contribution in [0.1, 0.15) is 10.4 Å². The van der Waals surface area contributed by atoms with Crippen LogP contribution in [0.2, 0.25) is 0 Å². The molecule has 1 aromatic rings. The first-order chi connectivity index (χ1) is 9.17. The number of nitrogen functional groups attached to an aromatic ring is 1. The van der Waals surface area contributed by atoms with Crippen molar-refractivity contribution in [1.29, 1.82) is 0 Å². The maximum atomic E-state index is 12.5. The van der Waals surface area contributed by atoms with Crippen LogP contribution in [-0.2, 0) is 0 Å². The van der Waals surface area contributed by atoms with Crippen LogP contribution in [0.3, 0.4) is 0 Å². The van der Waals surface area contributed by atoms with E-state index in [2.05, 4.69) is 0 Å². The molecular formula is C13H18N2O3S. The zero-order chi connectivity index (χ0) is 13.8. The monoisotopic (exact) mass is 282 g/mol. The van der Waals surface area contributed by atoms with Crippen molar-refractivity contribution < 1.29 is 14.3 Å². The van der Waals surface area contributed by atoms with Gasteiger partial charge in [-0.3, -0.25) is 4.79 Å². The number of amides is 1.